The molecule has 3 heteroatoms. The second-order valence-electron chi connectivity index (χ2n) is 3.00. The Balaban J connectivity index is 2.78. The summed E-state index contributed by atoms with van der Waals surface area (Å²) in [7, 11) is 4.89. The smallest absolute Gasteiger partial charge is 0.160 e. The molecule has 1 rings (SSSR count). The van der Waals surface area contributed by atoms with Crippen molar-refractivity contribution in [1.29, 1.82) is 0 Å². The van der Waals surface area contributed by atoms with Gasteiger partial charge in [0.15, 0.2) is 11.5 Å². The highest BCUT2D eigenvalue weighted by Crippen LogP contribution is 2.27. The van der Waals surface area contributed by atoms with Crippen molar-refractivity contribution < 1.29 is 14.2 Å². The van der Waals surface area contributed by atoms with E-state index in [0.29, 0.717) is 0 Å². The summed E-state index contributed by atoms with van der Waals surface area (Å²) in [5.41, 5.74) is 1.15. The summed E-state index contributed by atoms with van der Waals surface area (Å²) in [5, 5.41) is 0. The van der Waals surface area contributed by atoms with E-state index in [2.05, 4.69) is 0 Å². The SMILES string of the molecule is COC=CCc1ccc(OC)c(OC)c1. The maximum atomic E-state index is 5.20. The molecule has 0 amide bonds. The molecule has 0 saturated heterocycles. The molecule has 82 valence electrons. The molecule has 0 bridgehead atoms. The Morgan fingerprint density at radius 3 is 2.40 bits per heavy atom. The van der Waals surface area contributed by atoms with Crippen LogP contribution in [0.2, 0.25) is 0 Å². The lowest BCUT2D eigenvalue weighted by atomic mass is 10.1. The summed E-state index contributed by atoms with van der Waals surface area (Å²) in [6.45, 7) is 0. The molecule has 1 aromatic rings. The zero-order valence-electron chi connectivity index (χ0n) is 9.32. The maximum Gasteiger partial charge on any atom is 0.160 e. The summed E-state index contributed by atoms with van der Waals surface area (Å²) in [5.74, 6) is 1.50. The van der Waals surface area contributed by atoms with Gasteiger partial charge in [-0.3, -0.25) is 0 Å². The predicted molar refractivity (Wildman–Crippen MR) is 59.4 cm³/mol. The fourth-order valence-corrected chi connectivity index (χ4v) is 1.29. The molecular formula is C12H16O3. The van der Waals surface area contributed by atoms with Gasteiger partial charge in [-0.25, -0.2) is 0 Å². The predicted octanol–water partition coefficient (Wildman–Crippen LogP) is 2.41. The van der Waals surface area contributed by atoms with Crippen LogP contribution in [0.1, 0.15) is 5.56 Å². The Morgan fingerprint density at radius 1 is 1.07 bits per heavy atom. The number of benzene rings is 1. The summed E-state index contributed by atoms with van der Waals surface area (Å²) in [6.07, 6.45) is 4.42. The van der Waals surface area contributed by atoms with E-state index >= 15 is 0 Å². The van der Waals surface area contributed by atoms with Crippen LogP contribution in [-0.4, -0.2) is 21.3 Å². The van der Waals surface area contributed by atoms with Gasteiger partial charge in [-0.05, 0) is 30.2 Å². The molecule has 0 spiro atoms. The number of hydrogen-bond acceptors (Lipinski definition) is 3. The van der Waals surface area contributed by atoms with Crippen molar-refractivity contribution in [1.82, 2.24) is 0 Å². The summed E-state index contributed by atoms with van der Waals surface area (Å²) < 4.78 is 15.2. The molecule has 0 atom stereocenters. The molecule has 3 nitrogen and oxygen atoms in total. The molecule has 0 saturated carbocycles. The third kappa shape index (κ3) is 3.20. The fourth-order valence-electron chi connectivity index (χ4n) is 1.29. The summed E-state index contributed by atoms with van der Waals surface area (Å²) in [6, 6.07) is 5.86. The second kappa shape index (κ2) is 5.96. The molecular weight excluding hydrogens is 192 g/mol. The van der Waals surface area contributed by atoms with Crippen LogP contribution in [-0.2, 0) is 11.2 Å². The van der Waals surface area contributed by atoms with Gasteiger partial charge in [0.2, 0.25) is 0 Å². The molecule has 1 aromatic carbocycles. The molecule has 0 heterocycles. The van der Waals surface area contributed by atoms with Crippen LogP contribution in [0, 0.1) is 0 Å². The van der Waals surface area contributed by atoms with Crippen LogP contribution in [0.15, 0.2) is 30.5 Å². The molecule has 0 radical (unpaired) electrons. The van der Waals surface area contributed by atoms with Crippen molar-refractivity contribution in [3.8, 4) is 11.5 Å². The van der Waals surface area contributed by atoms with Crippen LogP contribution in [0.4, 0.5) is 0 Å². The highest BCUT2D eigenvalue weighted by molar-refractivity contribution is 5.43. The van der Waals surface area contributed by atoms with Gasteiger partial charge in [0.25, 0.3) is 0 Å². The van der Waals surface area contributed by atoms with Gasteiger partial charge >= 0.3 is 0 Å². The lowest BCUT2D eigenvalue weighted by Gasteiger charge is -2.08. The number of hydrogen-bond donors (Lipinski definition) is 0. The van der Waals surface area contributed by atoms with Crippen molar-refractivity contribution >= 4 is 0 Å². The van der Waals surface area contributed by atoms with Gasteiger partial charge in [-0.2, -0.15) is 0 Å². The normalized spacial score (nSPS) is 10.3. The van der Waals surface area contributed by atoms with Crippen molar-refractivity contribution in [2.45, 2.75) is 6.42 Å². The van der Waals surface area contributed by atoms with Gasteiger partial charge in [-0.1, -0.05) is 6.07 Å². The standard InChI is InChI=1S/C12H16O3/c1-13-8-4-5-10-6-7-11(14-2)12(9-10)15-3/h4,6-9H,5H2,1-3H3. The molecule has 0 N–H and O–H groups in total. The van der Waals surface area contributed by atoms with Crippen molar-refractivity contribution in [2.75, 3.05) is 21.3 Å². The number of rotatable bonds is 5. The van der Waals surface area contributed by atoms with Crippen LogP contribution in [0.3, 0.4) is 0 Å². The average Bonchev–Trinajstić information content (AvgIpc) is 2.29. The minimum absolute atomic E-state index is 0.747. The Kier molecular flexibility index (Phi) is 4.54. The number of methoxy groups -OCH3 is 3. The monoisotopic (exact) mass is 208 g/mol. The first kappa shape index (κ1) is 11.4. The molecule has 15 heavy (non-hydrogen) atoms. The Hall–Kier alpha value is -1.64. The van der Waals surface area contributed by atoms with E-state index in [1.54, 1.807) is 27.6 Å². The quantitative estimate of drug-likeness (QED) is 0.695. The largest absolute Gasteiger partial charge is 0.505 e. The van der Waals surface area contributed by atoms with Crippen LogP contribution in [0.25, 0.3) is 0 Å². The van der Waals surface area contributed by atoms with Crippen molar-refractivity contribution in [3.63, 3.8) is 0 Å². The highest BCUT2D eigenvalue weighted by Gasteiger charge is 2.02. The van der Waals surface area contributed by atoms with Gasteiger partial charge < -0.3 is 14.2 Å². The molecule has 0 aliphatic carbocycles. The van der Waals surface area contributed by atoms with E-state index in [1.807, 2.05) is 24.3 Å². The Morgan fingerprint density at radius 2 is 1.80 bits per heavy atom. The minimum atomic E-state index is 0.747. The number of ether oxygens (including phenoxy) is 3. The molecule has 0 aliphatic rings. The molecule has 0 aromatic heterocycles. The average molecular weight is 208 g/mol. The Bertz CT molecular complexity index is 332. The molecule has 0 aliphatic heterocycles. The third-order valence-electron chi connectivity index (χ3n) is 2.03. The van der Waals surface area contributed by atoms with E-state index in [4.69, 9.17) is 14.2 Å². The first-order chi connectivity index (χ1) is 7.31. The van der Waals surface area contributed by atoms with Gasteiger partial charge in [-0.15, -0.1) is 0 Å². The summed E-state index contributed by atoms with van der Waals surface area (Å²) in [4.78, 5) is 0. The lowest BCUT2D eigenvalue weighted by molar-refractivity contribution is 0.336. The van der Waals surface area contributed by atoms with Crippen molar-refractivity contribution in [3.05, 3.63) is 36.1 Å². The highest BCUT2D eigenvalue weighted by atomic mass is 16.5. The molecule has 0 fully saturated rings. The Labute approximate surface area is 90.3 Å². The van der Waals surface area contributed by atoms with E-state index in [9.17, 15) is 0 Å². The van der Waals surface area contributed by atoms with E-state index < -0.39 is 0 Å². The first-order valence-electron chi connectivity index (χ1n) is 4.70. The van der Waals surface area contributed by atoms with E-state index in [0.717, 1.165) is 23.5 Å². The number of allylic oxidation sites excluding steroid dienone is 1. The minimum Gasteiger partial charge on any atom is -0.505 e. The second-order valence-corrected chi connectivity index (χ2v) is 3.00. The zero-order valence-corrected chi connectivity index (χ0v) is 9.32. The third-order valence-corrected chi connectivity index (χ3v) is 2.03. The topological polar surface area (TPSA) is 27.7 Å². The first-order valence-corrected chi connectivity index (χ1v) is 4.70. The van der Waals surface area contributed by atoms with Crippen LogP contribution in [0.5, 0.6) is 11.5 Å². The van der Waals surface area contributed by atoms with E-state index in [-0.39, 0.29) is 0 Å². The molecule has 0 unspecified atom stereocenters. The fraction of sp³-hybridized carbons (Fsp3) is 0.333. The zero-order chi connectivity index (χ0) is 11.1. The van der Waals surface area contributed by atoms with Gasteiger partial charge in [0, 0.05) is 0 Å². The summed E-state index contributed by atoms with van der Waals surface area (Å²) >= 11 is 0. The van der Waals surface area contributed by atoms with E-state index in [1.165, 1.54) is 0 Å². The van der Waals surface area contributed by atoms with Gasteiger partial charge in [0.05, 0.1) is 27.6 Å². The van der Waals surface area contributed by atoms with Crippen LogP contribution >= 0.6 is 0 Å². The maximum absolute atomic E-state index is 5.20. The van der Waals surface area contributed by atoms with Crippen LogP contribution < -0.4 is 9.47 Å². The van der Waals surface area contributed by atoms with Gasteiger partial charge in [0.1, 0.15) is 0 Å². The lowest BCUT2D eigenvalue weighted by Crippen LogP contribution is -1.92. The van der Waals surface area contributed by atoms with Crippen molar-refractivity contribution in [2.24, 2.45) is 0 Å².